The summed E-state index contributed by atoms with van der Waals surface area (Å²) in [4.78, 5) is 25.9. The lowest BCUT2D eigenvalue weighted by Gasteiger charge is -2.09. The molecule has 0 aromatic carbocycles. The van der Waals surface area contributed by atoms with E-state index in [1.807, 2.05) is 0 Å². The van der Waals surface area contributed by atoms with Crippen LogP contribution in [0.2, 0.25) is 5.15 Å². The number of ether oxygens (including phenoxy) is 1. The van der Waals surface area contributed by atoms with Gasteiger partial charge in [-0.2, -0.15) is 5.26 Å². The molecule has 0 atom stereocenters. The summed E-state index contributed by atoms with van der Waals surface area (Å²) in [5.74, 6) is -0.811. The molecule has 0 unspecified atom stereocenters. The molecule has 0 saturated carbocycles. The van der Waals surface area contributed by atoms with Crippen LogP contribution in [0.4, 0.5) is 5.69 Å². The van der Waals surface area contributed by atoms with Crippen LogP contribution >= 0.6 is 11.6 Å². The molecule has 0 saturated heterocycles. The van der Waals surface area contributed by atoms with Crippen LogP contribution in [-0.2, 0) is 4.74 Å². The van der Waals surface area contributed by atoms with Crippen molar-refractivity contribution in [3.05, 3.63) is 22.0 Å². The van der Waals surface area contributed by atoms with Crippen molar-refractivity contribution in [3.63, 3.8) is 0 Å². The van der Waals surface area contributed by atoms with Crippen LogP contribution in [-0.4, -0.2) is 23.8 Å². The molecule has 6 nitrogen and oxygen atoms in total. The first-order valence-electron chi connectivity index (χ1n) is 4.58. The van der Waals surface area contributed by atoms with Crippen molar-refractivity contribution < 1.29 is 14.3 Å². The molecule has 7 heteroatoms. The number of hydrogen-bond donors (Lipinski definition) is 1. The van der Waals surface area contributed by atoms with Crippen molar-refractivity contribution in [2.45, 2.75) is 6.92 Å². The van der Waals surface area contributed by atoms with E-state index in [1.54, 1.807) is 13.0 Å². The monoisotopic (exact) mass is 253 g/mol. The SMILES string of the molecule is CCOC(=O)c1c(N)c(C=O)nc(Cl)c1C#N. The lowest BCUT2D eigenvalue weighted by molar-refractivity contribution is 0.0527. The molecule has 0 fully saturated rings. The van der Waals surface area contributed by atoms with Crippen LogP contribution in [0.3, 0.4) is 0 Å². The van der Waals surface area contributed by atoms with Crippen LogP contribution in [0.25, 0.3) is 0 Å². The van der Waals surface area contributed by atoms with Crippen LogP contribution in [0.15, 0.2) is 0 Å². The number of esters is 1. The molecule has 2 N–H and O–H groups in total. The molecule has 1 aromatic rings. The second-order valence-corrected chi connectivity index (χ2v) is 3.26. The zero-order valence-corrected chi connectivity index (χ0v) is 9.61. The van der Waals surface area contributed by atoms with Gasteiger partial charge in [0.25, 0.3) is 0 Å². The number of nitriles is 1. The number of pyridine rings is 1. The molecule has 17 heavy (non-hydrogen) atoms. The summed E-state index contributed by atoms with van der Waals surface area (Å²) in [6, 6.07) is 1.70. The summed E-state index contributed by atoms with van der Waals surface area (Å²) in [6.45, 7) is 1.71. The van der Waals surface area contributed by atoms with Crippen LogP contribution in [0.5, 0.6) is 0 Å². The highest BCUT2D eigenvalue weighted by Crippen LogP contribution is 2.25. The predicted molar refractivity (Wildman–Crippen MR) is 59.7 cm³/mol. The number of nitrogens with zero attached hydrogens (tertiary/aromatic N) is 2. The number of hydrogen-bond acceptors (Lipinski definition) is 6. The molecule has 0 spiro atoms. The van der Waals surface area contributed by atoms with Gasteiger partial charge in [-0.05, 0) is 6.92 Å². The highest BCUT2D eigenvalue weighted by Gasteiger charge is 2.23. The lowest BCUT2D eigenvalue weighted by atomic mass is 10.1. The molecule has 0 bridgehead atoms. The summed E-state index contributed by atoms with van der Waals surface area (Å²) in [5, 5.41) is 8.62. The summed E-state index contributed by atoms with van der Waals surface area (Å²) in [5.41, 5.74) is 4.73. The average Bonchev–Trinajstić information content (AvgIpc) is 2.31. The number of halogens is 1. The first kappa shape index (κ1) is 12.9. The Bertz CT molecular complexity index is 523. The molecular formula is C10H8ClN3O3. The highest BCUT2D eigenvalue weighted by atomic mass is 35.5. The van der Waals surface area contributed by atoms with Gasteiger partial charge in [-0.1, -0.05) is 11.6 Å². The van der Waals surface area contributed by atoms with Gasteiger partial charge in [0.2, 0.25) is 0 Å². The number of carbonyl (C=O) groups excluding carboxylic acids is 2. The maximum atomic E-state index is 11.6. The summed E-state index contributed by atoms with van der Waals surface area (Å²) < 4.78 is 4.73. The third-order valence-corrected chi connectivity index (χ3v) is 2.20. The number of anilines is 1. The van der Waals surface area contributed by atoms with E-state index in [0.29, 0.717) is 6.29 Å². The largest absolute Gasteiger partial charge is 0.462 e. The van der Waals surface area contributed by atoms with Gasteiger partial charge in [-0.3, -0.25) is 4.79 Å². The normalized spacial score (nSPS) is 9.47. The molecule has 1 rings (SSSR count). The molecule has 0 aliphatic carbocycles. The zero-order valence-electron chi connectivity index (χ0n) is 8.86. The quantitative estimate of drug-likeness (QED) is 0.492. The van der Waals surface area contributed by atoms with Gasteiger partial charge in [0.1, 0.15) is 28.0 Å². The topological polar surface area (TPSA) is 106 Å². The predicted octanol–water partition coefficient (Wildman–Crippen LogP) is 1.18. The van der Waals surface area contributed by atoms with E-state index in [1.165, 1.54) is 0 Å². The number of aldehydes is 1. The molecule has 88 valence electrons. The second-order valence-electron chi connectivity index (χ2n) is 2.90. The maximum absolute atomic E-state index is 11.6. The molecule has 0 radical (unpaired) electrons. The Labute approximate surface area is 102 Å². The first-order valence-corrected chi connectivity index (χ1v) is 4.95. The lowest BCUT2D eigenvalue weighted by Crippen LogP contribution is -2.14. The van der Waals surface area contributed by atoms with Crippen LogP contribution < -0.4 is 5.73 Å². The van der Waals surface area contributed by atoms with E-state index in [9.17, 15) is 9.59 Å². The minimum absolute atomic E-state index is 0.111. The summed E-state index contributed by atoms with van der Waals surface area (Å²) in [7, 11) is 0. The average molecular weight is 254 g/mol. The molecule has 1 heterocycles. The van der Waals surface area contributed by atoms with Crippen molar-refractivity contribution in [1.82, 2.24) is 4.98 Å². The van der Waals surface area contributed by atoms with Gasteiger partial charge in [-0.15, -0.1) is 0 Å². The van der Waals surface area contributed by atoms with Gasteiger partial charge in [0.05, 0.1) is 12.3 Å². The number of aromatic nitrogens is 1. The van der Waals surface area contributed by atoms with E-state index in [-0.39, 0.29) is 34.3 Å². The van der Waals surface area contributed by atoms with Crippen LogP contribution in [0, 0.1) is 11.3 Å². The number of carbonyl (C=O) groups is 2. The smallest absolute Gasteiger partial charge is 0.341 e. The summed E-state index contributed by atoms with van der Waals surface area (Å²) in [6.07, 6.45) is 0.352. The van der Waals surface area contributed by atoms with Gasteiger partial charge in [0, 0.05) is 0 Å². The zero-order chi connectivity index (χ0) is 13.0. The van der Waals surface area contributed by atoms with Gasteiger partial charge in [0.15, 0.2) is 6.29 Å². The third-order valence-electron chi connectivity index (χ3n) is 1.92. The van der Waals surface area contributed by atoms with Gasteiger partial charge >= 0.3 is 5.97 Å². The van der Waals surface area contributed by atoms with Crippen molar-refractivity contribution >= 4 is 29.5 Å². The number of rotatable bonds is 3. The Hall–Kier alpha value is -2.13. The molecule has 0 amide bonds. The standard InChI is InChI=1S/C10H8ClN3O3/c1-2-17-10(16)7-5(3-12)9(11)14-6(4-15)8(7)13/h4H,2,13H2,1H3. The fourth-order valence-corrected chi connectivity index (χ4v) is 1.42. The van der Waals surface area contributed by atoms with Crippen LogP contribution in [0.1, 0.15) is 33.3 Å². The highest BCUT2D eigenvalue weighted by molar-refractivity contribution is 6.31. The van der Waals surface area contributed by atoms with E-state index >= 15 is 0 Å². The number of nitrogens with two attached hydrogens (primary N) is 1. The molecule has 0 aliphatic heterocycles. The van der Waals surface area contributed by atoms with Gasteiger partial charge < -0.3 is 10.5 Å². The molecular weight excluding hydrogens is 246 g/mol. The van der Waals surface area contributed by atoms with E-state index in [4.69, 9.17) is 27.3 Å². The fraction of sp³-hybridized carbons (Fsp3) is 0.200. The van der Waals surface area contributed by atoms with Crippen molar-refractivity contribution in [2.24, 2.45) is 0 Å². The first-order chi connectivity index (χ1) is 8.06. The Morgan fingerprint density at radius 3 is 2.82 bits per heavy atom. The maximum Gasteiger partial charge on any atom is 0.341 e. The minimum atomic E-state index is -0.811. The number of nitrogen functional groups attached to an aromatic ring is 1. The third kappa shape index (κ3) is 2.34. The molecule has 0 aliphatic rings. The van der Waals surface area contributed by atoms with E-state index in [2.05, 4.69) is 4.98 Å². The van der Waals surface area contributed by atoms with Crippen molar-refractivity contribution in [2.75, 3.05) is 12.3 Å². The minimum Gasteiger partial charge on any atom is -0.462 e. The fourth-order valence-electron chi connectivity index (χ4n) is 1.19. The Morgan fingerprint density at radius 1 is 1.71 bits per heavy atom. The van der Waals surface area contributed by atoms with Gasteiger partial charge in [-0.25, -0.2) is 9.78 Å². The van der Waals surface area contributed by atoms with E-state index < -0.39 is 5.97 Å². The Balaban J connectivity index is 3.54. The van der Waals surface area contributed by atoms with Crippen molar-refractivity contribution in [3.8, 4) is 6.07 Å². The van der Waals surface area contributed by atoms with Crippen molar-refractivity contribution in [1.29, 1.82) is 5.26 Å². The second kappa shape index (κ2) is 5.27. The summed E-state index contributed by atoms with van der Waals surface area (Å²) >= 11 is 5.67. The Kier molecular flexibility index (Phi) is 4.01. The Morgan fingerprint density at radius 2 is 2.35 bits per heavy atom. The van der Waals surface area contributed by atoms with E-state index in [0.717, 1.165) is 0 Å². The molecule has 1 aromatic heterocycles.